The molecule has 0 unspecified atom stereocenters. The van der Waals surface area contributed by atoms with E-state index in [0.717, 1.165) is 27.3 Å². The molecule has 0 radical (unpaired) electrons. The summed E-state index contributed by atoms with van der Waals surface area (Å²) in [6, 6.07) is 7.56. The lowest BCUT2D eigenvalue weighted by molar-refractivity contribution is -0.580. The highest BCUT2D eigenvalue weighted by atomic mass is 32.1. The molecule has 5 heteroatoms. The molecule has 0 saturated heterocycles. The van der Waals surface area contributed by atoms with E-state index in [2.05, 4.69) is 5.32 Å². The number of carbonyl (C=O) groups excluding carboxylic acids is 1. The second kappa shape index (κ2) is 4.57. The molecule has 0 aliphatic heterocycles. The molecule has 1 aromatic heterocycles. The molecule has 1 aliphatic carbocycles. The molecule has 2 aromatic rings. The third-order valence-electron chi connectivity index (χ3n) is 3.12. The van der Waals surface area contributed by atoms with Gasteiger partial charge >= 0.3 is 0 Å². The van der Waals surface area contributed by atoms with Gasteiger partial charge in [-0.1, -0.05) is 23.5 Å². The summed E-state index contributed by atoms with van der Waals surface area (Å²) in [5.41, 5.74) is 0.714. The third kappa shape index (κ3) is 2.18. The lowest BCUT2D eigenvalue weighted by Crippen LogP contribution is -2.33. The molecule has 94 valence electrons. The fraction of sp³-hybridized carbons (Fsp3) is 0.385. The SMILES string of the molecule is O=C(NCCc1sc2ccccc2[n+]1[O-])C1CC1. The van der Waals surface area contributed by atoms with Gasteiger partial charge in [0.2, 0.25) is 11.4 Å². The minimum Gasteiger partial charge on any atom is -0.617 e. The van der Waals surface area contributed by atoms with Crippen LogP contribution >= 0.6 is 11.3 Å². The Morgan fingerprint density at radius 1 is 1.44 bits per heavy atom. The van der Waals surface area contributed by atoms with Gasteiger partial charge in [-0.2, -0.15) is 4.73 Å². The van der Waals surface area contributed by atoms with Crippen LogP contribution in [0.3, 0.4) is 0 Å². The van der Waals surface area contributed by atoms with Crippen molar-refractivity contribution in [1.82, 2.24) is 5.32 Å². The number of carbonyl (C=O) groups is 1. The van der Waals surface area contributed by atoms with Crippen molar-refractivity contribution in [3.63, 3.8) is 0 Å². The van der Waals surface area contributed by atoms with Crippen LogP contribution in [0.5, 0.6) is 0 Å². The molecule has 1 saturated carbocycles. The van der Waals surface area contributed by atoms with Crippen LogP contribution in [0.1, 0.15) is 17.8 Å². The van der Waals surface area contributed by atoms with Gasteiger partial charge in [0.05, 0.1) is 6.42 Å². The Morgan fingerprint density at radius 2 is 2.22 bits per heavy atom. The number of para-hydroxylation sites is 1. The molecule has 0 atom stereocenters. The van der Waals surface area contributed by atoms with Gasteiger partial charge in [-0.15, -0.1) is 0 Å². The summed E-state index contributed by atoms with van der Waals surface area (Å²) in [6.07, 6.45) is 2.62. The Bertz CT molecular complexity index is 590. The number of nitrogens with zero attached hydrogens (tertiary/aromatic N) is 1. The van der Waals surface area contributed by atoms with Gasteiger partial charge < -0.3 is 10.5 Å². The molecular weight excluding hydrogens is 248 g/mol. The Kier molecular flexibility index (Phi) is 2.91. The fourth-order valence-electron chi connectivity index (χ4n) is 1.95. The Hall–Kier alpha value is -1.62. The Balaban J connectivity index is 1.66. The van der Waals surface area contributed by atoms with E-state index < -0.39 is 0 Å². The van der Waals surface area contributed by atoms with Crippen molar-refractivity contribution in [3.8, 4) is 0 Å². The molecule has 4 nitrogen and oxygen atoms in total. The summed E-state index contributed by atoms with van der Waals surface area (Å²) >= 11 is 1.50. The van der Waals surface area contributed by atoms with E-state index in [4.69, 9.17) is 0 Å². The molecule has 1 fully saturated rings. The maximum absolute atomic E-state index is 12.0. The number of hydrogen-bond donors (Lipinski definition) is 1. The Labute approximate surface area is 109 Å². The van der Waals surface area contributed by atoms with E-state index >= 15 is 0 Å². The number of thiazole rings is 1. The quantitative estimate of drug-likeness (QED) is 0.672. The summed E-state index contributed by atoms with van der Waals surface area (Å²) in [4.78, 5) is 11.5. The van der Waals surface area contributed by atoms with Crippen LogP contribution in [0.15, 0.2) is 24.3 Å². The summed E-state index contributed by atoms with van der Waals surface area (Å²) in [5.74, 6) is 0.361. The number of fused-ring (bicyclic) bond motifs is 1. The van der Waals surface area contributed by atoms with Crippen LogP contribution in [0, 0.1) is 11.1 Å². The zero-order valence-corrected chi connectivity index (χ0v) is 10.7. The number of benzene rings is 1. The minimum absolute atomic E-state index is 0.133. The zero-order chi connectivity index (χ0) is 12.5. The van der Waals surface area contributed by atoms with Gasteiger partial charge in [-0.3, -0.25) is 4.79 Å². The molecule has 18 heavy (non-hydrogen) atoms. The number of hydrogen-bond acceptors (Lipinski definition) is 3. The van der Waals surface area contributed by atoms with E-state index in [1.54, 1.807) is 0 Å². The smallest absolute Gasteiger partial charge is 0.251 e. The molecule has 1 amide bonds. The van der Waals surface area contributed by atoms with Crippen molar-refractivity contribution in [3.05, 3.63) is 34.5 Å². The number of aromatic nitrogens is 1. The largest absolute Gasteiger partial charge is 0.617 e. The maximum atomic E-state index is 12.0. The van der Waals surface area contributed by atoms with Crippen LogP contribution in [0.4, 0.5) is 0 Å². The summed E-state index contributed by atoms with van der Waals surface area (Å²) in [5, 5.41) is 15.6. The lowest BCUT2D eigenvalue weighted by atomic mass is 10.3. The van der Waals surface area contributed by atoms with Crippen LogP contribution in [-0.4, -0.2) is 12.5 Å². The van der Waals surface area contributed by atoms with Gasteiger partial charge in [0.1, 0.15) is 4.70 Å². The molecule has 3 rings (SSSR count). The van der Waals surface area contributed by atoms with Crippen molar-refractivity contribution in [2.45, 2.75) is 19.3 Å². The van der Waals surface area contributed by atoms with Gasteiger partial charge in [0.25, 0.3) is 5.01 Å². The van der Waals surface area contributed by atoms with Crippen molar-refractivity contribution >= 4 is 27.5 Å². The fourth-order valence-corrected chi connectivity index (χ4v) is 2.99. The van der Waals surface area contributed by atoms with Crippen LogP contribution < -0.4 is 10.0 Å². The molecule has 0 spiro atoms. The average molecular weight is 262 g/mol. The van der Waals surface area contributed by atoms with E-state index in [9.17, 15) is 10.0 Å². The third-order valence-corrected chi connectivity index (χ3v) is 4.30. The second-order valence-electron chi connectivity index (χ2n) is 4.57. The van der Waals surface area contributed by atoms with Gasteiger partial charge in [-0.05, 0) is 18.9 Å². The van der Waals surface area contributed by atoms with E-state index in [1.165, 1.54) is 11.3 Å². The normalized spacial score (nSPS) is 14.9. The molecule has 1 aliphatic rings. The summed E-state index contributed by atoms with van der Waals surface area (Å²) < 4.78 is 1.97. The van der Waals surface area contributed by atoms with Crippen LogP contribution in [0.25, 0.3) is 10.2 Å². The number of nitrogens with one attached hydrogen (secondary N) is 1. The second-order valence-corrected chi connectivity index (χ2v) is 5.69. The standard InChI is InChI=1S/C13H14N2O2S/c16-13(9-5-6-9)14-8-7-12-15(17)10-3-1-2-4-11(10)18-12/h1-4,9H,5-8H2,(H,14,16). The van der Waals surface area contributed by atoms with Crippen LogP contribution in [0.2, 0.25) is 0 Å². The van der Waals surface area contributed by atoms with E-state index in [-0.39, 0.29) is 11.8 Å². The predicted octanol–water partition coefficient (Wildman–Crippen LogP) is 1.60. The maximum Gasteiger partial charge on any atom is 0.251 e. The number of amides is 1. The molecular formula is C13H14N2O2S. The van der Waals surface area contributed by atoms with Crippen molar-refractivity contribution in [2.24, 2.45) is 5.92 Å². The Morgan fingerprint density at radius 3 is 2.94 bits per heavy atom. The minimum atomic E-state index is 0.133. The first-order valence-corrected chi connectivity index (χ1v) is 6.95. The monoisotopic (exact) mass is 262 g/mol. The molecule has 1 N–H and O–H groups in total. The lowest BCUT2D eigenvalue weighted by Gasteiger charge is -2.02. The highest BCUT2D eigenvalue weighted by Gasteiger charge is 2.29. The predicted molar refractivity (Wildman–Crippen MR) is 70.2 cm³/mol. The average Bonchev–Trinajstić information content (AvgIpc) is 3.17. The number of rotatable bonds is 4. The zero-order valence-electron chi connectivity index (χ0n) is 9.89. The van der Waals surface area contributed by atoms with E-state index in [0.29, 0.717) is 18.5 Å². The van der Waals surface area contributed by atoms with Crippen molar-refractivity contribution in [1.29, 1.82) is 0 Å². The summed E-state index contributed by atoms with van der Waals surface area (Å²) in [6.45, 7) is 0.546. The first kappa shape index (κ1) is 11.5. The highest BCUT2D eigenvalue weighted by Crippen LogP contribution is 2.28. The van der Waals surface area contributed by atoms with Gasteiger partial charge in [0, 0.05) is 18.5 Å². The van der Waals surface area contributed by atoms with Crippen LogP contribution in [-0.2, 0) is 11.2 Å². The van der Waals surface area contributed by atoms with E-state index in [1.807, 2.05) is 24.3 Å². The topological polar surface area (TPSA) is 56.0 Å². The molecule has 1 aromatic carbocycles. The van der Waals surface area contributed by atoms with Gasteiger partial charge in [0.15, 0.2) is 0 Å². The summed E-state index contributed by atoms with van der Waals surface area (Å²) in [7, 11) is 0. The van der Waals surface area contributed by atoms with Crippen molar-refractivity contribution in [2.75, 3.05) is 6.54 Å². The first-order valence-electron chi connectivity index (χ1n) is 6.13. The highest BCUT2D eigenvalue weighted by molar-refractivity contribution is 7.18. The first-order chi connectivity index (χ1) is 8.75. The molecule has 0 bridgehead atoms. The van der Waals surface area contributed by atoms with Crippen molar-refractivity contribution < 1.29 is 9.52 Å². The van der Waals surface area contributed by atoms with Gasteiger partial charge in [-0.25, -0.2) is 0 Å². The molecule has 1 heterocycles.